The van der Waals surface area contributed by atoms with Gasteiger partial charge in [-0.2, -0.15) is 0 Å². The lowest BCUT2D eigenvalue weighted by molar-refractivity contribution is 0.0970. The molecule has 2 aromatic carbocycles. The second-order valence-electron chi connectivity index (χ2n) is 9.52. The maximum absolute atomic E-state index is 13.8. The zero-order valence-corrected chi connectivity index (χ0v) is 22.3. The highest BCUT2D eigenvalue weighted by molar-refractivity contribution is 7.15. The lowest BCUT2D eigenvalue weighted by atomic mass is 9.98. The Morgan fingerprint density at radius 1 is 1.11 bits per heavy atom. The highest BCUT2D eigenvalue weighted by Gasteiger charge is 2.45. The van der Waals surface area contributed by atoms with Gasteiger partial charge in [-0.1, -0.05) is 49.8 Å². The summed E-state index contributed by atoms with van der Waals surface area (Å²) < 4.78 is 17.7. The van der Waals surface area contributed by atoms with Gasteiger partial charge in [-0.05, 0) is 55.5 Å². The zero-order chi connectivity index (χ0) is 26.3. The molecule has 3 heterocycles. The highest BCUT2D eigenvalue weighted by Crippen LogP contribution is 2.44. The second kappa shape index (κ2) is 9.97. The van der Waals surface area contributed by atoms with Gasteiger partial charge < -0.3 is 13.9 Å². The molecule has 1 unspecified atom stereocenters. The largest absolute Gasteiger partial charge is 0.493 e. The molecule has 192 valence electrons. The van der Waals surface area contributed by atoms with E-state index in [0.717, 1.165) is 17.0 Å². The summed E-state index contributed by atoms with van der Waals surface area (Å²) in [6, 6.07) is 10.1. The van der Waals surface area contributed by atoms with Crippen LogP contribution in [-0.4, -0.2) is 29.8 Å². The smallest absolute Gasteiger partial charge is 0.297 e. The van der Waals surface area contributed by atoms with Crippen LogP contribution in [0.15, 0.2) is 45.6 Å². The topological polar surface area (TPSA) is 94.8 Å². The van der Waals surface area contributed by atoms with Crippen molar-refractivity contribution in [2.45, 2.75) is 46.6 Å². The molecule has 37 heavy (non-hydrogen) atoms. The number of hydrogen-bond donors (Lipinski definition) is 0. The number of hydrogen-bond acceptors (Lipinski definition) is 8. The summed E-state index contributed by atoms with van der Waals surface area (Å²) in [6.45, 7) is 8.73. The Morgan fingerprint density at radius 2 is 1.92 bits per heavy atom. The van der Waals surface area contributed by atoms with Crippen LogP contribution in [0.2, 0.25) is 0 Å². The average molecular weight is 520 g/mol. The summed E-state index contributed by atoms with van der Waals surface area (Å²) in [5.41, 5.74) is 2.04. The molecule has 0 aliphatic carbocycles. The van der Waals surface area contributed by atoms with Crippen molar-refractivity contribution in [3.8, 4) is 11.5 Å². The predicted molar refractivity (Wildman–Crippen MR) is 143 cm³/mol. The molecule has 5 rings (SSSR count). The molecule has 1 atom stereocenters. The Bertz CT molecular complexity index is 1540. The van der Waals surface area contributed by atoms with Crippen LogP contribution in [0.1, 0.15) is 65.5 Å². The van der Waals surface area contributed by atoms with E-state index < -0.39 is 11.9 Å². The summed E-state index contributed by atoms with van der Waals surface area (Å²) in [5.74, 6) is 1.24. The van der Waals surface area contributed by atoms with Gasteiger partial charge in [0.2, 0.25) is 10.9 Å². The summed E-state index contributed by atoms with van der Waals surface area (Å²) >= 11 is 1.33. The number of amides is 1. The van der Waals surface area contributed by atoms with Crippen molar-refractivity contribution in [3.05, 3.63) is 74.1 Å². The van der Waals surface area contributed by atoms with E-state index in [4.69, 9.17) is 13.9 Å². The van der Waals surface area contributed by atoms with E-state index in [2.05, 4.69) is 24.0 Å². The van der Waals surface area contributed by atoms with Crippen molar-refractivity contribution >= 4 is 33.3 Å². The van der Waals surface area contributed by atoms with Gasteiger partial charge in [0, 0.05) is 0 Å². The Morgan fingerprint density at radius 3 is 2.62 bits per heavy atom. The molecule has 1 aliphatic rings. The first-order valence-electron chi connectivity index (χ1n) is 12.4. The standard InChI is InChI=1S/C28H29N3O5S/c1-6-22-29-30-28(37-22)31-24(17-8-10-20(21(14-17)34-5)35-12-11-15(2)3)23-25(32)18-13-16(4)7-9-19(18)36-26(23)27(31)33/h7-10,13-15,24H,6,11-12H2,1-5H3. The molecule has 4 aromatic rings. The zero-order valence-electron chi connectivity index (χ0n) is 21.5. The van der Waals surface area contributed by atoms with Gasteiger partial charge in [0.05, 0.1) is 30.7 Å². The Balaban J connectivity index is 1.68. The molecule has 9 heteroatoms. The van der Waals surface area contributed by atoms with Crippen molar-refractivity contribution in [1.29, 1.82) is 0 Å². The number of nitrogens with zero attached hydrogens (tertiary/aromatic N) is 3. The third kappa shape index (κ3) is 4.48. The van der Waals surface area contributed by atoms with E-state index in [1.807, 2.05) is 38.1 Å². The Kier molecular flexibility index (Phi) is 6.72. The fourth-order valence-corrected chi connectivity index (χ4v) is 5.27. The molecule has 0 spiro atoms. The van der Waals surface area contributed by atoms with Gasteiger partial charge in [-0.15, -0.1) is 10.2 Å². The average Bonchev–Trinajstić information content (AvgIpc) is 3.47. The van der Waals surface area contributed by atoms with Crippen molar-refractivity contribution in [3.63, 3.8) is 0 Å². The van der Waals surface area contributed by atoms with Gasteiger partial charge in [-0.3, -0.25) is 14.5 Å². The van der Waals surface area contributed by atoms with E-state index in [-0.39, 0.29) is 16.8 Å². The second-order valence-corrected chi connectivity index (χ2v) is 10.6. The van der Waals surface area contributed by atoms with E-state index >= 15 is 0 Å². The minimum atomic E-state index is -0.750. The highest BCUT2D eigenvalue weighted by atomic mass is 32.1. The quantitative estimate of drug-likeness (QED) is 0.295. The maximum atomic E-state index is 13.8. The molecular weight excluding hydrogens is 490 g/mol. The summed E-state index contributed by atoms with van der Waals surface area (Å²) in [6.07, 6.45) is 1.60. The van der Waals surface area contributed by atoms with E-state index in [0.29, 0.717) is 52.1 Å². The summed E-state index contributed by atoms with van der Waals surface area (Å²) in [7, 11) is 1.57. The van der Waals surface area contributed by atoms with Crippen LogP contribution >= 0.6 is 11.3 Å². The lowest BCUT2D eigenvalue weighted by Crippen LogP contribution is -2.29. The minimum Gasteiger partial charge on any atom is -0.493 e. The first-order chi connectivity index (χ1) is 17.8. The van der Waals surface area contributed by atoms with Gasteiger partial charge >= 0.3 is 0 Å². The van der Waals surface area contributed by atoms with Crippen molar-refractivity contribution in [2.75, 3.05) is 18.6 Å². The van der Waals surface area contributed by atoms with Crippen LogP contribution in [-0.2, 0) is 6.42 Å². The third-order valence-corrected chi connectivity index (χ3v) is 7.51. The van der Waals surface area contributed by atoms with Gasteiger partial charge in [0.1, 0.15) is 10.6 Å². The third-order valence-electron chi connectivity index (χ3n) is 6.45. The molecule has 0 bridgehead atoms. The minimum absolute atomic E-state index is 0.0239. The number of methoxy groups -OCH3 is 1. The Labute approximate surface area is 218 Å². The van der Waals surface area contributed by atoms with Gasteiger partial charge in [-0.25, -0.2) is 0 Å². The van der Waals surface area contributed by atoms with E-state index in [1.165, 1.54) is 16.2 Å². The van der Waals surface area contributed by atoms with Crippen LogP contribution in [0.3, 0.4) is 0 Å². The van der Waals surface area contributed by atoms with Crippen molar-refractivity contribution in [2.24, 2.45) is 5.92 Å². The summed E-state index contributed by atoms with van der Waals surface area (Å²) in [4.78, 5) is 29.1. The molecule has 0 fully saturated rings. The molecule has 0 saturated carbocycles. The van der Waals surface area contributed by atoms with Crippen LogP contribution in [0.4, 0.5) is 5.13 Å². The summed E-state index contributed by atoms with van der Waals surface area (Å²) in [5, 5.41) is 10.1. The number of anilines is 1. The predicted octanol–water partition coefficient (Wildman–Crippen LogP) is 5.70. The molecule has 8 nitrogen and oxygen atoms in total. The fraction of sp³-hybridized carbons (Fsp3) is 0.357. The number of fused-ring (bicyclic) bond motifs is 2. The molecular formula is C28H29N3O5S. The number of aromatic nitrogens is 2. The molecule has 0 N–H and O–H groups in total. The fourth-order valence-electron chi connectivity index (χ4n) is 4.46. The van der Waals surface area contributed by atoms with Crippen LogP contribution in [0.5, 0.6) is 11.5 Å². The first-order valence-corrected chi connectivity index (χ1v) is 13.2. The normalized spacial score (nSPS) is 15.0. The maximum Gasteiger partial charge on any atom is 0.297 e. The Hall–Kier alpha value is -3.72. The van der Waals surface area contributed by atoms with Crippen molar-refractivity contribution in [1.82, 2.24) is 10.2 Å². The van der Waals surface area contributed by atoms with Crippen LogP contribution in [0, 0.1) is 12.8 Å². The number of ether oxygens (including phenoxy) is 2. The SMILES string of the molecule is CCc1nnc(N2C(=O)c3oc4ccc(C)cc4c(=O)c3C2c2ccc(OCCC(C)C)c(OC)c2)s1. The number of carbonyl (C=O) groups is 1. The number of rotatable bonds is 8. The lowest BCUT2D eigenvalue weighted by Gasteiger charge is -2.23. The van der Waals surface area contributed by atoms with E-state index in [1.54, 1.807) is 19.2 Å². The molecule has 0 radical (unpaired) electrons. The number of aryl methyl sites for hydroxylation is 2. The monoisotopic (exact) mass is 519 g/mol. The first kappa shape index (κ1) is 25.0. The van der Waals surface area contributed by atoms with Crippen molar-refractivity contribution < 1.29 is 18.7 Å². The number of benzene rings is 2. The molecule has 0 saturated heterocycles. The molecule has 1 aliphatic heterocycles. The van der Waals surface area contributed by atoms with Crippen LogP contribution in [0.25, 0.3) is 11.0 Å². The van der Waals surface area contributed by atoms with Gasteiger partial charge in [0.15, 0.2) is 16.9 Å². The molecule has 2 aromatic heterocycles. The van der Waals surface area contributed by atoms with E-state index in [9.17, 15) is 9.59 Å². The van der Waals surface area contributed by atoms with Gasteiger partial charge in [0.25, 0.3) is 5.91 Å². The molecule has 1 amide bonds. The number of carbonyl (C=O) groups excluding carboxylic acids is 1. The van der Waals surface area contributed by atoms with Crippen LogP contribution < -0.4 is 19.8 Å².